The smallest absolute Gasteiger partial charge is 0.257 e. The minimum atomic E-state index is -0.572. The molecule has 0 radical (unpaired) electrons. The Morgan fingerprint density at radius 2 is 2.17 bits per heavy atom. The second-order valence-corrected chi connectivity index (χ2v) is 4.32. The van der Waals surface area contributed by atoms with Gasteiger partial charge in [-0.25, -0.2) is 4.39 Å². The number of aldehydes is 1. The lowest BCUT2D eigenvalue weighted by Gasteiger charge is -2.09. The Balaban J connectivity index is 2.50. The average molecular weight is 253 g/mol. The van der Waals surface area contributed by atoms with E-state index in [0.29, 0.717) is 18.7 Å². The van der Waals surface area contributed by atoms with Gasteiger partial charge < -0.3 is 10.1 Å². The van der Waals surface area contributed by atoms with Crippen LogP contribution in [0.2, 0.25) is 0 Å². The normalized spacial score (nSPS) is 10.2. The van der Waals surface area contributed by atoms with E-state index in [1.807, 2.05) is 13.8 Å². The summed E-state index contributed by atoms with van der Waals surface area (Å²) in [6, 6.07) is 3.60. The van der Waals surface area contributed by atoms with Crippen LogP contribution in [0.3, 0.4) is 0 Å². The van der Waals surface area contributed by atoms with Crippen LogP contribution in [0.15, 0.2) is 18.2 Å². The summed E-state index contributed by atoms with van der Waals surface area (Å²) in [7, 11) is 0. The van der Waals surface area contributed by atoms with Crippen LogP contribution in [0.5, 0.6) is 5.75 Å². The molecular formula is C13H16FNO3. The molecule has 18 heavy (non-hydrogen) atoms. The molecule has 0 aromatic heterocycles. The SMILES string of the molecule is CC(C)CNC(=O)COc1cc(F)cc(C=O)c1. The van der Waals surface area contributed by atoms with Crippen LogP contribution in [-0.4, -0.2) is 25.3 Å². The standard InChI is InChI=1S/C13H16FNO3/c1-9(2)6-15-13(17)8-18-12-4-10(7-16)3-11(14)5-12/h3-5,7,9H,6,8H2,1-2H3,(H,15,17). The van der Waals surface area contributed by atoms with Crippen molar-refractivity contribution in [2.75, 3.05) is 13.2 Å². The lowest BCUT2D eigenvalue weighted by Crippen LogP contribution is -2.31. The third-order valence-electron chi connectivity index (χ3n) is 2.11. The molecule has 0 saturated heterocycles. The molecule has 5 heteroatoms. The van der Waals surface area contributed by atoms with Gasteiger partial charge in [0.05, 0.1) is 0 Å². The van der Waals surface area contributed by atoms with E-state index in [1.54, 1.807) is 0 Å². The number of amides is 1. The number of benzene rings is 1. The summed E-state index contributed by atoms with van der Waals surface area (Å²) < 4.78 is 18.2. The summed E-state index contributed by atoms with van der Waals surface area (Å²) >= 11 is 0. The first-order chi connectivity index (χ1) is 8.51. The number of hydrogen-bond acceptors (Lipinski definition) is 3. The molecule has 0 heterocycles. The van der Waals surface area contributed by atoms with Gasteiger partial charge in [0.25, 0.3) is 5.91 Å². The third-order valence-corrected chi connectivity index (χ3v) is 2.11. The van der Waals surface area contributed by atoms with E-state index in [2.05, 4.69) is 5.32 Å². The number of carbonyl (C=O) groups is 2. The first-order valence-corrected chi connectivity index (χ1v) is 5.66. The zero-order valence-corrected chi connectivity index (χ0v) is 10.4. The highest BCUT2D eigenvalue weighted by Crippen LogP contribution is 2.15. The second kappa shape index (κ2) is 6.74. The molecule has 0 spiro atoms. The van der Waals surface area contributed by atoms with Gasteiger partial charge in [-0.3, -0.25) is 9.59 Å². The van der Waals surface area contributed by atoms with Gasteiger partial charge in [-0.15, -0.1) is 0 Å². The van der Waals surface area contributed by atoms with Crippen molar-refractivity contribution in [3.63, 3.8) is 0 Å². The number of ether oxygens (including phenoxy) is 1. The number of carbonyl (C=O) groups excluding carboxylic acids is 2. The maximum Gasteiger partial charge on any atom is 0.257 e. The summed E-state index contributed by atoms with van der Waals surface area (Å²) in [5.74, 6) is -0.334. The molecule has 0 unspecified atom stereocenters. The van der Waals surface area contributed by atoms with Crippen molar-refractivity contribution >= 4 is 12.2 Å². The maximum atomic E-state index is 13.1. The van der Waals surface area contributed by atoms with Crippen molar-refractivity contribution in [2.24, 2.45) is 5.92 Å². The molecule has 4 nitrogen and oxygen atoms in total. The highest BCUT2D eigenvalue weighted by molar-refractivity contribution is 5.78. The Bertz CT molecular complexity index is 432. The molecule has 0 fully saturated rings. The Morgan fingerprint density at radius 1 is 1.44 bits per heavy atom. The Kier molecular flexibility index (Phi) is 5.30. The van der Waals surface area contributed by atoms with Gasteiger partial charge in [-0.05, 0) is 18.1 Å². The largest absolute Gasteiger partial charge is 0.484 e. The van der Waals surface area contributed by atoms with Gasteiger partial charge in [0.15, 0.2) is 6.61 Å². The van der Waals surface area contributed by atoms with Crippen LogP contribution < -0.4 is 10.1 Å². The van der Waals surface area contributed by atoms with Gasteiger partial charge in [0.2, 0.25) is 0 Å². The lowest BCUT2D eigenvalue weighted by atomic mass is 10.2. The minimum absolute atomic E-state index is 0.164. The number of hydrogen-bond donors (Lipinski definition) is 1. The highest BCUT2D eigenvalue weighted by Gasteiger charge is 2.05. The van der Waals surface area contributed by atoms with Gasteiger partial charge in [-0.2, -0.15) is 0 Å². The lowest BCUT2D eigenvalue weighted by molar-refractivity contribution is -0.123. The van der Waals surface area contributed by atoms with Crippen molar-refractivity contribution in [3.05, 3.63) is 29.6 Å². The van der Waals surface area contributed by atoms with E-state index >= 15 is 0 Å². The quantitative estimate of drug-likeness (QED) is 0.786. The van der Waals surface area contributed by atoms with Crippen molar-refractivity contribution in [3.8, 4) is 5.75 Å². The Labute approximate surface area is 105 Å². The van der Waals surface area contributed by atoms with Gasteiger partial charge in [0.1, 0.15) is 17.9 Å². The van der Waals surface area contributed by atoms with E-state index in [-0.39, 0.29) is 23.8 Å². The fourth-order valence-electron chi connectivity index (χ4n) is 1.25. The molecule has 0 aliphatic rings. The van der Waals surface area contributed by atoms with Crippen molar-refractivity contribution < 1.29 is 18.7 Å². The van der Waals surface area contributed by atoms with E-state index in [9.17, 15) is 14.0 Å². The Hall–Kier alpha value is -1.91. The van der Waals surface area contributed by atoms with Crippen LogP contribution in [0.4, 0.5) is 4.39 Å². The number of rotatable bonds is 6. The van der Waals surface area contributed by atoms with Crippen LogP contribution >= 0.6 is 0 Å². The van der Waals surface area contributed by atoms with Gasteiger partial charge in [-0.1, -0.05) is 13.8 Å². The summed E-state index contributed by atoms with van der Waals surface area (Å²) in [6.45, 7) is 4.31. The molecule has 1 aromatic carbocycles. The molecule has 0 aliphatic heterocycles. The molecule has 1 N–H and O–H groups in total. The maximum absolute atomic E-state index is 13.1. The van der Waals surface area contributed by atoms with Crippen molar-refractivity contribution in [1.82, 2.24) is 5.32 Å². The molecule has 1 amide bonds. The summed E-state index contributed by atoms with van der Waals surface area (Å²) in [5, 5.41) is 2.67. The number of nitrogens with one attached hydrogen (secondary N) is 1. The van der Waals surface area contributed by atoms with Crippen LogP contribution in [0.25, 0.3) is 0 Å². The summed E-state index contributed by atoms with van der Waals surface area (Å²) in [6.07, 6.45) is 0.523. The monoisotopic (exact) mass is 253 g/mol. The van der Waals surface area contributed by atoms with E-state index < -0.39 is 5.82 Å². The second-order valence-electron chi connectivity index (χ2n) is 4.32. The molecule has 0 saturated carbocycles. The fourth-order valence-corrected chi connectivity index (χ4v) is 1.25. The molecule has 0 bridgehead atoms. The predicted molar refractivity (Wildman–Crippen MR) is 65.1 cm³/mol. The third kappa shape index (κ3) is 4.95. The topological polar surface area (TPSA) is 55.4 Å². The van der Waals surface area contributed by atoms with Crippen molar-refractivity contribution in [2.45, 2.75) is 13.8 Å². The molecular weight excluding hydrogens is 237 g/mol. The minimum Gasteiger partial charge on any atom is -0.484 e. The number of halogens is 1. The summed E-state index contributed by atoms with van der Waals surface area (Å²) in [5.41, 5.74) is 0.174. The first kappa shape index (κ1) is 14.2. The van der Waals surface area contributed by atoms with Crippen LogP contribution in [0, 0.1) is 11.7 Å². The average Bonchev–Trinajstić information content (AvgIpc) is 2.33. The molecule has 0 aliphatic carbocycles. The summed E-state index contributed by atoms with van der Waals surface area (Å²) in [4.78, 5) is 21.9. The zero-order chi connectivity index (χ0) is 13.5. The fraction of sp³-hybridized carbons (Fsp3) is 0.385. The molecule has 1 aromatic rings. The van der Waals surface area contributed by atoms with E-state index in [0.717, 1.165) is 12.1 Å². The van der Waals surface area contributed by atoms with Crippen LogP contribution in [0.1, 0.15) is 24.2 Å². The predicted octanol–water partition coefficient (Wildman–Crippen LogP) is 1.79. The van der Waals surface area contributed by atoms with E-state index in [1.165, 1.54) is 6.07 Å². The van der Waals surface area contributed by atoms with Crippen molar-refractivity contribution in [1.29, 1.82) is 0 Å². The van der Waals surface area contributed by atoms with Gasteiger partial charge in [0, 0.05) is 18.2 Å². The van der Waals surface area contributed by atoms with Crippen LogP contribution in [-0.2, 0) is 4.79 Å². The highest BCUT2D eigenvalue weighted by atomic mass is 19.1. The molecule has 0 atom stereocenters. The Morgan fingerprint density at radius 3 is 2.78 bits per heavy atom. The van der Waals surface area contributed by atoms with E-state index in [4.69, 9.17) is 4.74 Å². The zero-order valence-electron chi connectivity index (χ0n) is 10.4. The molecule has 98 valence electrons. The first-order valence-electron chi connectivity index (χ1n) is 5.66. The molecule has 1 rings (SSSR count). The van der Waals surface area contributed by atoms with Gasteiger partial charge >= 0.3 is 0 Å².